The molecule has 0 aromatic heterocycles. The second-order valence-corrected chi connectivity index (χ2v) is 6.28. The molecule has 0 amide bonds. The molecule has 20 heavy (non-hydrogen) atoms. The van der Waals surface area contributed by atoms with Crippen LogP contribution in [0.2, 0.25) is 5.02 Å². The lowest BCUT2D eigenvalue weighted by atomic mass is 10.2. The lowest BCUT2D eigenvalue weighted by molar-refractivity contribution is 0.0697. The minimum absolute atomic E-state index is 0.0265. The Morgan fingerprint density at radius 1 is 1.20 bits per heavy atom. The molecule has 0 aliphatic heterocycles. The number of aromatic carboxylic acids is 1. The van der Waals surface area contributed by atoms with Crippen LogP contribution in [0.1, 0.15) is 21.5 Å². The number of aryl methyl sites for hydroxylation is 1. The summed E-state index contributed by atoms with van der Waals surface area (Å²) in [6.45, 7) is 1.99. The molecule has 3 nitrogen and oxygen atoms in total. The second kappa shape index (κ2) is 6.20. The van der Waals surface area contributed by atoms with Gasteiger partial charge in [0.1, 0.15) is 0 Å². The summed E-state index contributed by atoms with van der Waals surface area (Å²) in [5.41, 5.74) is 2.06. The van der Waals surface area contributed by atoms with E-state index in [1.807, 2.05) is 31.2 Å². The lowest BCUT2D eigenvalue weighted by Crippen LogP contribution is -2.02. The molecule has 0 aliphatic carbocycles. The zero-order valence-corrected chi connectivity index (χ0v) is 12.4. The Morgan fingerprint density at radius 3 is 2.45 bits per heavy atom. The summed E-state index contributed by atoms with van der Waals surface area (Å²) in [5, 5.41) is 9.16. The topological polar surface area (TPSA) is 54.4 Å². The maximum atomic E-state index is 12.3. The van der Waals surface area contributed by atoms with Gasteiger partial charge in [-0.1, -0.05) is 41.4 Å². The van der Waals surface area contributed by atoms with Gasteiger partial charge in [-0.3, -0.25) is 4.21 Å². The van der Waals surface area contributed by atoms with Crippen molar-refractivity contribution in [1.29, 1.82) is 0 Å². The first-order valence-corrected chi connectivity index (χ1v) is 7.64. The summed E-state index contributed by atoms with van der Waals surface area (Å²) in [6.07, 6.45) is 0. The summed E-state index contributed by atoms with van der Waals surface area (Å²) < 4.78 is 12.3. The molecule has 0 fully saturated rings. The van der Waals surface area contributed by atoms with Gasteiger partial charge in [0, 0.05) is 4.90 Å². The molecule has 1 unspecified atom stereocenters. The van der Waals surface area contributed by atoms with Gasteiger partial charge in [0.25, 0.3) is 0 Å². The van der Waals surface area contributed by atoms with Crippen molar-refractivity contribution in [3.63, 3.8) is 0 Å². The fourth-order valence-electron chi connectivity index (χ4n) is 1.73. The zero-order valence-electron chi connectivity index (χ0n) is 10.8. The molecule has 0 saturated heterocycles. The Balaban J connectivity index is 2.23. The monoisotopic (exact) mass is 308 g/mol. The molecule has 0 aliphatic rings. The van der Waals surface area contributed by atoms with E-state index in [2.05, 4.69) is 0 Å². The molecule has 0 saturated carbocycles. The third kappa shape index (κ3) is 3.46. The third-order valence-corrected chi connectivity index (χ3v) is 4.55. The predicted molar refractivity (Wildman–Crippen MR) is 79.7 cm³/mol. The molecule has 0 spiro atoms. The van der Waals surface area contributed by atoms with Gasteiger partial charge in [-0.05, 0) is 30.7 Å². The van der Waals surface area contributed by atoms with E-state index < -0.39 is 16.8 Å². The van der Waals surface area contributed by atoms with Crippen molar-refractivity contribution < 1.29 is 14.1 Å². The van der Waals surface area contributed by atoms with Gasteiger partial charge < -0.3 is 5.11 Å². The Morgan fingerprint density at radius 2 is 1.85 bits per heavy atom. The van der Waals surface area contributed by atoms with E-state index in [1.165, 1.54) is 12.1 Å². The van der Waals surface area contributed by atoms with Crippen LogP contribution in [0.15, 0.2) is 47.4 Å². The molecule has 2 aromatic rings. The molecule has 0 heterocycles. The standard InChI is InChI=1S/C15H13ClO3S/c1-10-2-4-11(5-3-10)9-20(19)12-6-7-14(16)13(8-12)15(17)18/h2-8H,9H2,1H3,(H,17,18). The van der Waals surface area contributed by atoms with Crippen molar-refractivity contribution in [2.45, 2.75) is 17.6 Å². The van der Waals surface area contributed by atoms with Crippen LogP contribution < -0.4 is 0 Å². The highest BCUT2D eigenvalue weighted by Crippen LogP contribution is 2.21. The van der Waals surface area contributed by atoms with Crippen molar-refractivity contribution in [3.05, 3.63) is 64.2 Å². The van der Waals surface area contributed by atoms with Gasteiger partial charge in [-0.25, -0.2) is 4.79 Å². The van der Waals surface area contributed by atoms with Crippen LogP contribution >= 0.6 is 11.6 Å². The number of hydrogen-bond donors (Lipinski definition) is 1. The molecular weight excluding hydrogens is 296 g/mol. The number of hydrogen-bond acceptors (Lipinski definition) is 2. The predicted octanol–water partition coefficient (Wildman–Crippen LogP) is 3.65. The van der Waals surface area contributed by atoms with Crippen LogP contribution in [0.3, 0.4) is 0 Å². The Kier molecular flexibility index (Phi) is 4.57. The lowest BCUT2D eigenvalue weighted by Gasteiger charge is -2.05. The van der Waals surface area contributed by atoms with Crippen LogP contribution in [0.4, 0.5) is 0 Å². The van der Waals surface area contributed by atoms with Crippen molar-refractivity contribution in [2.24, 2.45) is 0 Å². The van der Waals surface area contributed by atoms with Crippen LogP contribution in [0.5, 0.6) is 0 Å². The highest BCUT2D eigenvalue weighted by molar-refractivity contribution is 7.84. The molecule has 5 heteroatoms. The molecule has 1 N–H and O–H groups in total. The molecule has 2 rings (SSSR count). The highest BCUT2D eigenvalue weighted by Gasteiger charge is 2.13. The summed E-state index contributed by atoms with van der Waals surface area (Å²) >= 11 is 5.79. The van der Waals surface area contributed by atoms with Gasteiger partial charge in [0.15, 0.2) is 0 Å². The van der Waals surface area contributed by atoms with Crippen LogP contribution in [-0.2, 0) is 16.6 Å². The molecule has 104 valence electrons. The van der Waals surface area contributed by atoms with Gasteiger partial charge in [0.05, 0.1) is 27.1 Å². The fraction of sp³-hybridized carbons (Fsp3) is 0.133. The molecule has 1 atom stereocenters. The largest absolute Gasteiger partial charge is 0.478 e. The van der Waals surface area contributed by atoms with Crippen LogP contribution in [0, 0.1) is 6.92 Å². The minimum atomic E-state index is -1.30. The SMILES string of the molecule is Cc1ccc(CS(=O)c2ccc(Cl)c(C(=O)O)c2)cc1. The van der Waals surface area contributed by atoms with Crippen LogP contribution in [-0.4, -0.2) is 15.3 Å². The van der Waals surface area contributed by atoms with Crippen molar-refractivity contribution >= 4 is 28.4 Å². The smallest absolute Gasteiger partial charge is 0.337 e. The van der Waals surface area contributed by atoms with Gasteiger partial charge in [-0.2, -0.15) is 0 Å². The number of carboxylic acid groups (broad SMARTS) is 1. The Labute approximate surface area is 124 Å². The molecule has 2 aromatic carbocycles. The number of carboxylic acids is 1. The fourth-order valence-corrected chi connectivity index (χ4v) is 3.06. The maximum Gasteiger partial charge on any atom is 0.337 e. The summed E-state index contributed by atoms with van der Waals surface area (Å²) in [7, 11) is -1.30. The van der Waals surface area contributed by atoms with E-state index in [9.17, 15) is 9.00 Å². The number of halogens is 1. The maximum absolute atomic E-state index is 12.3. The highest BCUT2D eigenvalue weighted by atomic mass is 35.5. The average molecular weight is 309 g/mol. The quantitative estimate of drug-likeness (QED) is 0.938. The normalized spacial score (nSPS) is 12.1. The first kappa shape index (κ1) is 14.8. The van der Waals surface area contributed by atoms with E-state index in [-0.39, 0.29) is 10.6 Å². The third-order valence-electron chi connectivity index (χ3n) is 2.85. The zero-order chi connectivity index (χ0) is 14.7. The number of benzene rings is 2. The van der Waals surface area contributed by atoms with Gasteiger partial charge >= 0.3 is 5.97 Å². The minimum Gasteiger partial charge on any atom is -0.478 e. The van der Waals surface area contributed by atoms with Crippen LogP contribution in [0.25, 0.3) is 0 Å². The summed E-state index contributed by atoms with van der Waals surface area (Å²) in [6, 6.07) is 12.2. The first-order chi connectivity index (χ1) is 9.47. The summed E-state index contributed by atoms with van der Waals surface area (Å²) in [5.74, 6) is -0.773. The van der Waals surface area contributed by atoms with Gasteiger partial charge in [0.2, 0.25) is 0 Å². The second-order valence-electron chi connectivity index (χ2n) is 4.42. The van der Waals surface area contributed by atoms with Crippen molar-refractivity contribution in [1.82, 2.24) is 0 Å². The average Bonchev–Trinajstić information content (AvgIpc) is 2.41. The van der Waals surface area contributed by atoms with E-state index in [1.54, 1.807) is 6.07 Å². The van der Waals surface area contributed by atoms with E-state index in [4.69, 9.17) is 16.7 Å². The van der Waals surface area contributed by atoms with E-state index in [0.717, 1.165) is 11.1 Å². The molecule has 0 radical (unpaired) electrons. The number of carbonyl (C=O) groups is 1. The van der Waals surface area contributed by atoms with E-state index in [0.29, 0.717) is 10.6 Å². The molecular formula is C15H13ClO3S. The van der Waals surface area contributed by atoms with E-state index >= 15 is 0 Å². The summed E-state index contributed by atoms with van der Waals surface area (Å²) in [4.78, 5) is 11.5. The van der Waals surface area contributed by atoms with Gasteiger partial charge in [-0.15, -0.1) is 0 Å². The number of rotatable bonds is 4. The Bertz CT molecular complexity index is 665. The van der Waals surface area contributed by atoms with Crippen molar-refractivity contribution in [3.8, 4) is 0 Å². The first-order valence-electron chi connectivity index (χ1n) is 5.94. The Hall–Kier alpha value is -1.65. The van der Waals surface area contributed by atoms with Crippen molar-refractivity contribution in [2.75, 3.05) is 0 Å². The molecule has 0 bridgehead atoms.